The zero-order chi connectivity index (χ0) is 15.4. The molecule has 0 saturated carbocycles. The standard InChI is InChI=1S/C16H14F2N2O/c1-10(7-16(21)11-5-3-2-4-6-11)20-15-9-13(18)12(17)8-14(15)19/h2-9,20H,19H2,1H3/b10-7+. The molecule has 0 aliphatic carbocycles. The third-order valence-electron chi connectivity index (χ3n) is 2.83. The summed E-state index contributed by atoms with van der Waals surface area (Å²) >= 11 is 0. The Morgan fingerprint density at radius 2 is 1.76 bits per heavy atom. The fraction of sp³-hybridized carbons (Fsp3) is 0.0625. The number of rotatable bonds is 4. The normalized spacial score (nSPS) is 11.3. The second-order valence-corrected chi connectivity index (χ2v) is 4.54. The molecule has 0 amide bonds. The predicted molar refractivity (Wildman–Crippen MR) is 78.9 cm³/mol. The van der Waals surface area contributed by atoms with Gasteiger partial charge in [0.1, 0.15) is 0 Å². The first-order valence-electron chi connectivity index (χ1n) is 6.26. The summed E-state index contributed by atoms with van der Waals surface area (Å²) in [4.78, 5) is 12.0. The number of carbonyl (C=O) groups excluding carboxylic acids is 1. The lowest BCUT2D eigenvalue weighted by molar-refractivity contribution is 0.104. The zero-order valence-corrected chi connectivity index (χ0v) is 11.4. The summed E-state index contributed by atoms with van der Waals surface area (Å²) in [5.74, 6) is -2.21. The van der Waals surface area contributed by atoms with Crippen molar-refractivity contribution >= 4 is 17.2 Å². The smallest absolute Gasteiger partial charge is 0.187 e. The molecule has 5 heteroatoms. The molecule has 3 nitrogen and oxygen atoms in total. The molecule has 0 saturated heterocycles. The molecule has 3 N–H and O–H groups in total. The maximum absolute atomic E-state index is 13.2. The monoisotopic (exact) mass is 288 g/mol. The molecule has 2 aromatic rings. The van der Waals surface area contributed by atoms with Gasteiger partial charge in [0.15, 0.2) is 17.4 Å². The van der Waals surface area contributed by atoms with Crippen molar-refractivity contribution in [3.8, 4) is 0 Å². The molecule has 108 valence electrons. The molecule has 0 spiro atoms. The minimum Gasteiger partial charge on any atom is -0.397 e. The summed E-state index contributed by atoms with van der Waals surface area (Å²) in [6.07, 6.45) is 1.37. The SMILES string of the molecule is C/C(=C\C(=O)c1ccccc1)Nc1cc(F)c(F)cc1N. The Balaban J connectivity index is 2.18. The highest BCUT2D eigenvalue weighted by Gasteiger charge is 2.08. The first kappa shape index (κ1) is 14.7. The molecule has 0 aromatic heterocycles. The number of halogens is 2. The van der Waals surface area contributed by atoms with Gasteiger partial charge in [-0.25, -0.2) is 8.78 Å². The fourth-order valence-corrected chi connectivity index (χ4v) is 1.80. The first-order chi connectivity index (χ1) is 9.97. The van der Waals surface area contributed by atoms with E-state index in [9.17, 15) is 13.6 Å². The maximum atomic E-state index is 13.2. The third kappa shape index (κ3) is 3.66. The van der Waals surface area contributed by atoms with Gasteiger partial charge in [-0.05, 0) is 6.92 Å². The number of hydrogen-bond donors (Lipinski definition) is 2. The van der Waals surface area contributed by atoms with Crippen molar-refractivity contribution in [2.75, 3.05) is 11.1 Å². The van der Waals surface area contributed by atoms with Crippen molar-refractivity contribution in [3.63, 3.8) is 0 Å². The first-order valence-corrected chi connectivity index (χ1v) is 6.26. The van der Waals surface area contributed by atoms with Crippen LogP contribution in [0.2, 0.25) is 0 Å². The largest absolute Gasteiger partial charge is 0.397 e. The maximum Gasteiger partial charge on any atom is 0.187 e. The van der Waals surface area contributed by atoms with Gasteiger partial charge in [0, 0.05) is 29.5 Å². The molecule has 2 aromatic carbocycles. The van der Waals surface area contributed by atoms with Gasteiger partial charge in [-0.3, -0.25) is 4.79 Å². The van der Waals surface area contributed by atoms with E-state index in [0.717, 1.165) is 12.1 Å². The average Bonchev–Trinajstić information content (AvgIpc) is 2.45. The van der Waals surface area contributed by atoms with Crippen molar-refractivity contribution in [1.29, 1.82) is 0 Å². The molecule has 0 bridgehead atoms. The van der Waals surface area contributed by atoms with Crippen LogP contribution in [-0.2, 0) is 0 Å². The third-order valence-corrected chi connectivity index (χ3v) is 2.83. The summed E-state index contributed by atoms with van der Waals surface area (Å²) in [7, 11) is 0. The molecular formula is C16H14F2N2O. The number of nitrogens with two attached hydrogens (primary N) is 1. The molecule has 0 atom stereocenters. The quantitative estimate of drug-likeness (QED) is 0.512. The van der Waals surface area contributed by atoms with E-state index in [1.54, 1.807) is 31.2 Å². The van der Waals surface area contributed by atoms with Crippen molar-refractivity contribution in [2.24, 2.45) is 0 Å². The van der Waals surface area contributed by atoms with Gasteiger partial charge in [0.2, 0.25) is 0 Å². The molecule has 21 heavy (non-hydrogen) atoms. The minimum atomic E-state index is -1.01. The van der Waals surface area contributed by atoms with Crippen LogP contribution >= 0.6 is 0 Å². The second-order valence-electron chi connectivity index (χ2n) is 4.54. The van der Waals surface area contributed by atoms with Crippen molar-refractivity contribution in [2.45, 2.75) is 6.92 Å². The van der Waals surface area contributed by atoms with Crippen LogP contribution in [0.3, 0.4) is 0 Å². The number of hydrogen-bond acceptors (Lipinski definition) is 3. The lowest BCUT2D eigenvalue weighted by atomic mass is 10.1. The molecule has 0 radical (unpaired) electrons. The van der Waals surface area contributed by atoms with Gasteiger partial charge < -0.3 is 11.1 Å². The summed E-state index contributed by atoms with van der Waals surface area (Å²) in [5, 5.41) is 2.79. The van der Waals surface area contributed by atoms with E-state index in [-0.39, 0.29) is 17.2 Å². The highest BCUT2D eigenvalue weighted by molar-refractivity contribution is 6.05. The van der Waals surface area contributed by atoms with Crippen LogP contribution in [0.25, 0.3) is 0 Å². The molecule has 0 heterocycles. The lowest BCUT2D eigenvalue weighted by Gasteiger charge is -2.10. The van der Waals surface area contributed by atoms with Crippen molar-refractivity contribution in [3.05, 3.63) is 71.4 Å². The number of nitrogen functional groups attached to an aromatic ring is 1. The molecular weight excluding hydrogens is 274 g/mol. The van der Waals surface area contributed by atoms with Gasteiger partial charge in [0.25, 0.3) is 0 Å². The molecule has 0 aliphatic rings. The molecule has 2 rings (SSSR count). The van der Waals surface area contributed by atoms with E-state index < -0.39 is 11.6 Å². The van der Waals surface area contributed by atoms with Crippen LogP contribution in [0, 0.1) is 11.6 Å². The Morgan fingerprint density at radius 1 is 1.14 bits per heavy atom. The van der Waals surface area contributed by atoms with Gasteiger partial charge in [-0.1, -0.05) is 30.3 Å². The van der Waals surface area contributed by atoms with Crippen molar-refractivity contribution < 1.29 is 13.6 Å². The topological polar surface area (TPSA) is 55.1 Å². The minimum absolute atomic E-state index is 0.0637. The second kappa shape index (κ2) is 6.17. The van der Waals surface area contributed by atoms with E-state index in [4.69, 9.17) is 5.73 Å². The Morgan fingerprint density at radius 3 is 2.43 bits per heavy atom. The van der Waals surface area contributed by atoms with Crippen LogP contribution in [0.15, 0.2) is 54.2 Å². The molecule has 0 aliphatic heterocycles. The number of carbonyl (C=O) groups is 1. The zero-order valence-electron chi connectivity index (χ0n) is 11.4. The van der Waals surface area contributed by atoms with Gasteiger partial charge >= 0.3 is 0 Å². The molecule has 0 unspecified atom stereocenters. The Hall–Kier alpha value is -2.69. The summed E-state index contributed by atoms with van der Waals surface area (Å²) in [5.41, 5.74) is 6.89. The number of benzene rings is 2. The average molecular weight is 288 g/mol. The lowest BCUT2D eigenvalue weighted by Crippen LogP contribution is -2.04. The van der Waals surface area contributed by atoms with Gasteiger partial charge in [-0.2, -0.15) is 0 Å². The summed E-state index contributed by atoms with van der Waals surface area (Å²) < 4.78 is 26.2. The van der Waals surface area contributed by atoms with Crippen LogP contribution in [0.4, 0.5) is 20.2 Å². The van der Waals surface area contributed by atoms with Crippen LogP contribution < -0.4 is 11.1 Å². The molecule has 0 fully saturated rings. The van der Waals surface area contributed by atoms with Gasteiger partial charge in [-0.15, -0.1) is 0 Å². The number of allylic oxidation sites excluding steroid dienone is 2. The Kier molecular flexibility index (Phi) is 4.33. The summed E-state index contributed by atoms with van der Waals surface area (Å²) in [6.45, 7) is 1.64. The van der Waals surface area contributed by atoms with Gasteiger partial charge in [0.05, 0.1) is 11.4 Å². The Bertz CT molecular complexity index is 697. The van der Waals surface area contributed by atoms with E-state index in [0.29, 0.717) is 11.3 Å². The number of anilines is 2. The highest BCUT2D eigenvalue weighted by Crippen LogP contribution is 2.23. The number of nitrogens with one attached hydrogen (secondary N) is 1. The number of ketones is 1. The Labute approximate surface area is 121 Å². The summed E-state index contributed by atoms with van der Waals surface area (Å²) in [6, 6.07) is 10.6. The van der Waals surface area contributed by atoms with Crippen molar-refractivity contribution in [1.82, 2.24) is 0 Å². The van der Waals surface area contributed by atoms with E-state index in [1.165, 1.54) is 6.08 Å². The van der Waals surface area contributed by atoms with Crippen LogP contribution in [0.1, 0.15) is 17.3 Å². The van der Waals surface area contributed by atoms with E-state index in [1.807, 2.05) is 6.07 Å². The van der Waals surface area contributed by atoms with Crippen LogP contribution in [0.5, 0.6) is 0 Å². The highest BCUT2D eigenvalue weighted by atomic mass is 19.2. The van der Waals surface area contributed by atoms with E-state index >= 15 is 0 Å². The van der Waals surface area contributed by atoms with E-state index in [2.05, 4.69) is 5.32 Å². The predicted octanol–water partition coefficient (Wildman–Crippen LogP) is 3.75. The fourth-order valence-electron chi connectivity index (χ4n) is 1.80. The van der Waals surface area contributed by atoms with Crippen LogP contribution in [-0.4, -0.2) is 5.78 Å².